The Labute approximate surface area is 156 Å². The molecule has 0 saturated carbocycles. The molecule has 1 fully saturated rings. The maximum atomic E-state index is 12.6. The molecule has 2 aromatic heterocycles. The average molecular weight is 368 g/mol. The van der Waals surface area contributed by atoms with Crippen LogP contribution in [-0.4, -0.2) is 45.1 Å². The smallest absolute Gasteiger partial charge is 0.272 e. The summed E-state index contributed by atoms with van der Waals surface area (Å²) in [6, 6.07) is 15.2. The van der Waals surface area contributed by atoms with Gasteiger partial charge in [0.05, 0.1) is 16.6 Å². The number of aliphatic hydroxyl groups is 1. The number of aromatic nitrogens is 2. The summed E-state index contributed by atoms with van der Waals surface area (Å²) in [5.41, 5.74) is 2.20. The summed E-state index contributed by atoms with van der Waals surface area (Å²) in [6.45, 7) is 0.792. The third-order valence-corrected chi connectivity index (χ3v) is 4.99. The minimum absolute atomic E-state index is 0.0417. The third-order valence-electron chi connectivity index (χ3n) is 4.77. The maximum absolute atomic E-state index is 12.6. The molecule has 6 heteroatoms. The lowest BCUT2D eigenvalue weighted by Crippen LogP contribution is -2.30. The van der Waals surface area contributed by atoms with Crippen molar-refractivity contribution in [3.63, 3.8) is 0 Å². The topological polar surface area (TPSA) is 66.3 Å². The fourth-order valence-electron chi connectivity index (χ4n) is 3.38. The molecule has 3 aromatic rings. The van der Waals surface area contributed by atoms with E-state index in [1.165, 1.54) is 6.20 Å². The van der Waals surface area contributed by atoms with Gasteiger partial charge in [0, 0.05) is 36.3 Å². The first kappa shape index (κ1) is 16.9. The van der Waals surface area contributed by atoms with Gasteiger partial charge in [-0.1, -0.05) is 35.9 Å². The lowest BCUT2D eigenvalue weighted by molar-refractivity contribution is 0.0759. The van der Waals surface area contributed by atoms with Crippen LogP contribution in [0.5, 0.6) is 0 Å². The Hall–Kier alpha value is -2.50. The van der Waals surface area contributed by atoms with E-state index >= 15 is 0 Å². The predicted molar refractivity (Wildman–Crippen MR) is 100 cm³/mol. The van der Waals surface area contributed by atoms with Gasteiger partial charge in [-0.2, -0.15) is 0 Å². The fraction of sp³-hybridized carbons (Fsp3) is 0.250. The number of carbonyl (C=O) groups excluding carboxylic acids is 1. The number of rotatable bonds is 3. The molecular weight excluding hydrogens is 350 g/mol. The molecule has 1 N–H and O–H groups in total. The number of hydrogen-bond donors (Lipinski definition) is 1. The molecule has 1 amide bonds. The van der Waals surface area contributed by atoms with E-state index in [1.54, 1.807) is 17.0 Å². The van der Waals surface area contributed by atoms with Gasteiger partial charge in [-0.3, -0.25) is 9.78 Å². The SMILES string of the molecule is O=C(c1ccc(Cl)cn1)N1C[C@@H](Cc2ccc3ccccc3n2)[C@H](O)C1. The number of halogens is 1. The van der Waals surface area contributed by atoms with Crippen LogP contribution in [0.15, 0.2) is 54.7 Å². The van der Waals surface area contributed by atoms with E-state index in [-0.39, 0.29) is 11.8 Å². The van der Waals surface area contributed by atoms with E-state index in [1.807, 2.05) is 36.4 Å². The number of benzene rings is 1. The van der Waals surface area contributed by atoms with Gasteiger partial charge in [0.2, 0.25) is 0 Å². The van der Waals surface area contributed by atoms with E-state index in [4.69, 9.17) is 11.6 Å². The summed E-state index contributed by atoms with van der Waals surface area (Å²) in [7, 11) is 0. The zero-order valence-corrected chi connectivity index (χ0v) is 14.8. The third kappa shape index (κ3) is 3.41. The predicted octanol–water partition coefficient (Wildman–Crippen LogP) is 2.96. The minimum atomic E-state index is -0.570. The molecule has 5 nitrogen and oxygen atoms in total. The molecule has 1 aliphatic rings. The molecule has 1 aromatic carbocycles. The van der Waals surface area contributed by atoms with Gasteiger partial charge in [-0.15, -0.1) is 0 Å². The van der Waals surface area contributed by atoms with Crippen LogP contribution in [0.2, 0.25) is 5.02 Å². The van der Waals surface area contributed by atoms with E-state index in [0.717, 1.165) is 16.6 Å². The van der Waals surface area contributed by atoms with Crippen molar-refractivity contribution in [1.29, 1.82) is 0 Å². The van der Waals surface area contributed by atoms with Crippen molar-refractivity contribution >= 4 is 28.4 Å². The Kier molecular flexibility index (Phi) is 4.57. The highest BCUT2D eigenvalue weighted by atomic mass is 35.5. The quantitative estimate of drug-likeness (QED) is 0.773. The van der Waals surface area contributed by atoms with Crippen LogP contribution in [0.1, 0.15) is 16.2 Å². The Morgan fingerprint density at radius 3 is 2.81 bits per heavy atom. The van der Waals surface area contributed by atoms with Crippen LogP contribution in [-0.2, 0) is 6.42 Å². The molecule has 132 valence electrons. The monoisotopic (exact) mass is 367 g/mol. The number of hydrogen-bond acceptors (Lipinski definition) is 4. The summed E-state index contributed by atoms with van der Waals surface area (Å²) in [4.78, 5) is 23.0. The summed E-state index contributed by atoms with van der Waals surface area (Å²) >= 11 is 5.82. The normalized spacial score (nSPS) is 19.8. The average Bonchev–Trinajstić information content (AvgIpc) is 3.02. The molecule has 0 bridgehead atoms. The van der Waals surface area contributed by atoms with Crippen LogP contribution in [0.4, 0.5) is 0 Å². The number of likely N-dealkylation sites (tertiary alicyclic amines) is 1. The molecule has 0 unspecified atom stereocenters. The van der Waals surface area contributed by atoms with E-state index in [0.29, 0.717) is 30.2 Å². The number of fused-ring (bicyclic) bond motifs is 1. The Morgan fingerprint density at radius 1 is 1.15 bits per heavy atom. The summed E-state index contributed by atoms with van der Waals surface area (Å²) in [5.74, 6) is -0.227. The summed E-state index contributed by atoms with van der Waals surface area (Å²) in [6.07, 6.45) is 1.52. The molecule has 0 aliphatic carbocycles. The Balaban J connectivity index is 1.47. The van der Waals surface area contributed by atoms with E-state index < -0.39 is 6.10 Å². The van der Waals surface area contributed by atoms with Crippen LogP contribution in [0.3, 0.4) is 0 Å². The second-order valence-electron chi connectivity index (χ2n) is 6.60. The number of carbonyl (C=O) groups is 1. The van der Waals surface area contributed by atoms with Crippen molar-refractivity contribution in [2.75, 3.05) is 13.1 Å². The maximum Gasteiger partial charge on any atom is 0.272 e. The minimum Gasteiger partial charge on any atom is -0.391 e. The highest BCUT2D eigenvalue weighted by Crippen LogP contribution is 2.23. The molecule has 0 spiro atoms. The first-order valence-corrected chi connectivity index (χ1v) is 8.91. The van der Waals surface area contributed by atoms with Crippen molar-refractivity contribution < 1.29 is 9.90 Å². The zero-order chi connectivity index (χ0) is 18.1. The number of β-amino-alcohol motifs (C(OH)–C–C–N with tert-alkyl or cyclic N) is 1. The number of nitrogens with zero attached hydrogens (tertiary/aromatic N) is 3. The number of para-hydroxylation sites is 1. The van der Waals surface area contributed by atoms with Crippen molar-refractivity contribution in [2.45, 2.75) is 12.5 Å². The lowest BCUT2D eigenvalue weighted by Gasteiger charge is -2.15. The second kappa shape index (κ2) is 7.02. The lowest BCUT2D eigenvalue weighted by atomic mass is 9.99. The first-order chi connectivity index (χ1) is 12.6. The summed E-state index contributed by atoms with van der Waals surface area (Å²) in [5, 5.41) is 12.0. The van der Waals surface area contributed by atoms with Crippen molar-refractivity contribution in [3.8, 4) is 0 Å². The molecule has 1 aliphatic heterocycles. The van der Waals surface area contributed by atoms with Crippen molar-refractivity contribution in [2.24, 2.45) is 5.92 Å². The molecule has 3 heterocycles. The van der Waals surface area contributed by atoms with E-state index in [2.05, 4.69) is 9.97 Å². The number of amides is 1. The molecule has 0 radical (unpaired) electrons. The van der Waals surface area contributed by atoms with Gasteiger partial charge in [-0.25, -0.2) is 4.98 Å². The Bertz CT molecular complexity index is 945. The number of pyridine rings is 2. The Morgan fingerprint density at radius 2 is 2.00 bits per heavy atom. The molecule has 1 saturated heterocycles. The molecule has 26 heavy (non-hydrogen) atoms. The van der Waals surface area contributed by atoms with Gasteiger partial charge in [0.25, 0.3) is 5.91 Å². The fourth-order valence-corrected chi connectivity index (χ4v) is 3.49. The van der Waals surface area contributed by atoms with Crippen molar-refractivity contribution in [1.82, 2.24) is 14.9 Å². The zero-order valence-electron chi connectivity index (χ0n) is 14.0. The summed E-state index contributed by atoms with van der Waals surface area (Å²) < 4.78 is 0. The first-order valence-electron chi connectivity index (χ1n) is 8.54. The van der Waals surface area contributed by atoms with Crippen LogP contribution >= 0.6 is 11.6 Å². The second-order valence-corrected chi connectivity index (χ2v) is 7.04. The van der Waals surface area contributed by atoms with Gasteiger partial charge in [-0.05, 0) is 30.7 Å². The highest BCUT2D eigenvalue weighted by Gasteiger charge is 2.35. The van der Waals surface area contributed by atoms with E-state index in [9.17, 15) is 9.90 Å². The largest absolute Gasteiger partial charge is 0.391 e. The van der Waals surface area contributed by atoms with Crippen LogP contribution in [0, 0.1) is 5.92 Å². The van der Waals surface area contributed by atoms with Crippen LogP contribution < -0.4 is 0 Å². The molecular formula is C20H18ClN3O2. The van der Waals surface area contributed by atoms with Gasteiger partial charge in [0.15, 0.2) is 0 Å². The van der Waals surface area contributed by atoms with Gasteiger partial charge in [0.1, 0.15) is 5.69 Å². The van der Waals surface area contributed by atoms with Gasteiger partial charge >= 0.3 is 0 Å². The molecule has 4 rings (SSSR count). The van der Waals surface area contributed by atoms with Crippen LogP contribution in [0.25, 0.3) is 10.9 Å². The standard InChI is InChI=1S/C20H18ClN3O2/c21-15-6-8-18(22-10-15)20(26)24-11-14(19(25)12-24)9-16-7-5-13-3-1-2-4-17(13)23-16/h1-8,10,14,19,25H,9,11-12H2/t14-,19-/m1/s1. The van der Waals surface area contributed by atoms with Gasteiger partial charge < -0.3 is 10.0 Å². The number of aliphatic hydroxyl groups excluding tert-OH is 1. The molecule has 2 atom stereocenters. The van der Waals surface area contributed by atoms with Crippen molar-refractivity contribution in [3.05, 3.63) is 71.1 Å². The highest BCUT2D eigenvalue weighted by molar-refractivity contribution is 6.30.